The second kappa shape index (κ2) is 8.22. The first-order valence-corrected chi connectivity index (χ1v) is 12.1. The van der Waals surface area contributed by atoms with Crippen LogP contribution in [0.5, 0.6) is 0 Å². The summed E-state index contributed by atoms with van der Waals surface area (Å²) < 4.78 is 51.7. The van der Waals surface area contributed by atoms with E-state index in [2.05, 4.69) is 16.6 Å². The largest absolute Gasteiger partial charge is 0.266 e. The van der Waals surface area contributed by atoms with Crippen LogP contribution in [0, 0.1) is 13.8 Å². The van der Waals surface area contributed by atoms with Gasteiger partial charge in [-0.1, -0.05) is 17.7 Å². The normalized spacial score (nSPS) is 12.3. The molecule has 0 saturated heterocycles. The van der Waals surface area contributed by atoms with Gasteiger partial charge in [0.05, 0.1) is 11.2 Å². The topological polar surface area (TPSA) is 96.4 Å². The molecule has 0 spiro atoms. The van der Waals surface area contributed by atoms with Gasteiger partial charge in [0, 0.05) is 29.2 Å². The maximum atomic E-state index is 13.0. The molecular weight excluding hydrogens is 418 g/mol. The lowest BCUT2D eigenvalue weighted by molar-refractivity contribution is 0.587. The van der Waals surface area contributed by atoms with Crippen molar-refractivity contribution >= 4 is 48.1 Å². The van der Waals surface area contributed by atoms with Crippen LogP contribution in [-0.4, -0.2) is 41.2 Å². The zero-order chi connectivity index (χ0) is 19.5. The highest BCUT2D eigenvalue weighted by atomic mass is 35.5. The maximum absolute atomic E-state index is 13.0. The number of nitrogens with one attached hydrogen (secondary N) is 1. The number of halogens is 1. The standard InChI is InChI=1S/C15H19ClN3O4S3/c1-4-19(26(22,23)14-7-5-6-13(16)11(14)2)15-17-10-12(24-15)8-9-18-25(3,20)21/h5-7,10,18H,1,4,8-9H2,2-3H3. The van der Waals surface area contributed by atoms with Gasteiger partial charge in [-0.25, -0.2) is 30.8 Å². The van der Waals surface area contributed by atoms with Crippen molar-refractivity contribution in [3.63, 3.8) is 0 Å². The minimum absolute atomic E-state index is 0.0389. The zero-order valence-corrected chi connectivity index (χ0v) is 17.5. The number of benzene rings is 1. The van der Waals surface area contributed by atoms with E-state index < -0.39 is 20.0 Å². The monoisotopic (exact) mass is 436 g/mol. The number of rotatable bonds is 8. The van der Waals surface area contributed by atoms with Crippen LogP contribution in [0.1, 0.15) is 10.4 Å². The summed E-state index contributed by atoms with van der Waals surface area (Å²) in [6.45, 7) is 5.51. The molecule has 1 radical (unpaired) electrons. The van der Waals surface area contributed by atoms with Gasteiger partial charge in [0.1, 0.15) is 0 Å². The Kier molecular flexibility index (Phi) is 6.67. The number of sulfonamides is 2. The molecule has 0 aliphatic heterocycles. The Morgan fingerprint density at radius 1 is 1.31 bits per heavy atom. The van der Waals surface area contributed by atoms with Crippen molar-refractivity contribution in [1.29, 1.82) is 0 Å². The molecule has 1 N–H and O–H groups in total. The van der Waals surface area contributed by atoms with Crippen LogP contribution < -0.4 is 9.03 Å². The Balaban J connectivity index is 2.27. The van der Waals surface area contributed by atoms with E-state index >= 15 is 0 Å². The van der Waals surface area contributed by atoms with E-state index in [9.17, 15) is 16.8 Å². The van der Waals surface area contributed by atoms with Crippen molar-refractivity contribution in [2.75, 3.05) is 23.7 Å². The lowest BCUT2D eigenvalue weighted by Gasteiger charge is -2.21. The molecule has 11 heteroatoms. The third-order valence-electron chi connectivity index (χ3n) is 3.48. The summed E-state index contributed by atoms with van der Waals surface area (Å²) in [4.78, 5) is 5.02. The van der Waals surface area contributed by atoms with Crippen LogP contribution in [0.2, 0.25) is 5.02 Å². The fourth-order valence-corrected chi connectivity index (χ4v) is 5.62. The Labute approximate surface area is 163 Å². The lowest BCUT2D eigenvalue weighted by Crippen LogP contribution is -2.31. The van der Waals surface area contributed by atoms with Gasteiger partial charge >= 0.3 is 0 Å². The number of anilines is 1. The molecule has 0 aliphatic carbocycles. The molecule has 1 aromatic heterocycles. The maximum Gasteiger partial charge on any atom is 0.266 e. The fraction of sp³-hybridized carbons (Fsp3) is 0.333. The fourth-order valence-electron chi connectivity index (χ4n) is 2.19. The van der Waals surface area contributed by atoms with Crippen LogP contribution in [0.25, 0.3) is 0 Å². The lowest BCUT2D eigenvalue weighted by atomic mass is 10.2. The molecule has 2 rings (SSSR count). The molecule has 26 heavy (non-hydrogen) atoms. The molecule has 1 aromatic carbocycles. The minimum atomic E-state index is -3.86. The summed E-state index contributed by atoms with van der Waals surface area (Å²) in [5, 5.41) is 0.635. The van der Waals surface area contributed by atoms with E-state index in [4.69, 9.17) is 11.6 Å². The van der Waals surface area contributed by atoms with Crippen molar-refractivity contribution in [2.45, 2.75) is 18.2 Å². The Morgan fingerprint density at radius 3 is 2.62 bits per heavy atom. The van der Waals surface area contributed by atoms with Gasteiger partial charge in [-0.05, 0) is 38.0 Å². The number of aromatic nitrogens is 1. The Bertz CT molecular complexity index is 987. The molecule has 0 atom stereocenters. The van der Waals surface area contributed by atoms with E-state index in [-0.39, 0.29) is 23.1 Å². The highest BCUT2D eigenvalue weighted by Gasteiger charge is 2.28. The number of thiazole rings is 1. The first-order valence-electron chi connectivity index (χ1n) is 7.52. The molecule has 1 heterocycles. The highest BCUT2D eigenvalue weighted by Crippen LogP contribution is 2.31. The predicted molar refractivity (Wildman–Crippen MR) is 105 cm³/mol. The van der Waals surface area contributed by atoms with Gasteiger partial charge in [0.15, 0.2) is 5.13 Å². The second-order valence-corrected chi connectivity index (χ2v) is 10.6. The van der Waals surface area contributed by atoms with E-state index in [1.807, 2.05) is 0 Å². The van der Waals surface area contributed by atoms with Gasteiger partial charge in [-0.15, -0.1) is 11.3 Å². The molecule has 7 nitrogen and oxygen atoms in total. The van der Waals surface area contributed by atoms with Crippen LogP contribution >= 0.6 is 22.9 Å². The summed E-state index contributed by atoms with van der Waals surface area (Å²) in [6, 6.07) is 4.69. The molecule has 0 bridgehead atoms. The van der Waals surface area contributed by atoms with E-state index in [0.717, 1.165) is 15.4 Å². The average molecular weight is 437 g/mol. The van der Waals surface area contributed by atoms with Crippen LogP contribution in [0.4, 0.5) is 5.13 Å². The smallest absolute Gasteiger partial charge is 0.241 e. The van der Waals surface area contributed by atoms with Crippen LogP contribution in [-0.2, 0) is 26.5 Å². The number of hydrogen-bond acceptors (Lipinski definition) is 6. The summed E-state index contributed by atoms with van der Waals surface area (Å²) in [7, 11) is -7.14. The molecule has 0 fully saturated rings. The van der Waals surface area contributed by atoms with Gasteiger partial charge < -0.3 is 0 Å². The minimum Gasteiger partial charge on any atom is -0.241 e. The quantitative estimate of drug-likeness (QED) is 0.684. The van der Waals surface area contributed by atoms with Crippen molar-refractivity contribution in [2.24, 2.45) is 0 Å². The molecule has 0 amide bonds. The first kappa shape index (κ1) is 21.1. The van der Waals surface area contributed by atoms with Gasteiger partial charge in [0.2, 0.25) is 10.0 Å². The van der Waals surface area contributed by atoms with E-state index in [0.29, 0.717) is 17.0 Å². The Hall–Kier alpha value is -1.20. The molecule has 0 saturated carbocycles. The molecule has 143 valence electrons. The average Bonchev–Trinajstić information content (AvgIpc) is 2.97. The summed E-state index contributed by atoms with van der Waals surface area (Å²) in [5.74, 6) is 0. The summed E-state index contributed by atoms with van der Waals surface area (Å²) >= 11 is 7.22. The number of hydrogen-bond donors (Lipinski definition) is 1. The van der Waals surface area contributed by atoms with Crippen molar-refractivity contribution in [3.05, 3.63) is 46.8 Å². The van der Waals surface area contributed by atoms with Crippen molar-refractivity contribution in [1.82, 2.24) is 9.71 Å². The third-order valence-corrected chi connectivity index (χ3v) is 7.75. The zero-order valence-electron chi connectivity index (χ0n) is 14.3. The van der Waals surface area contributed by atoms with Crippen molar-refractivity contribution < 1.29 is 16.8 Å². The highest BCUT2D eigenvalue weighted by molar-refractivity contribution is 7.93. The van der Waals surface area contributed by atoms with Gasteiger partial charge in [-0.2, -0.15) is 0 Å². The van der Waals surface area contributed by atoms with Gasteiger partial charge in [-0.3, -0.25) is 0 Å². The van der Waals surface area contributed by atoms with E-state index in [1.54, 1.807) is 19.1 Å². The van der Waals surface area contributed by atoms with Crippen LogP contribution in [0.3, 0.4) is 0 Å². The van der Waals surface area contributed by atoms with Crippen molar-refractivity contribution in [3.8, 4) is 0 Å². The van der Waals surface area contributed by atoms with E-state index in [1.165, 1.54) is 23.6 Å². The summed E-state index contributed by atoms with van der Waals surface area (Å²) in [6.07, 6.45) is 3.02. The SMILES string of the molecule is [CH2]CN(c1ncc(CCNS(C)(=O)=O)s1)S(=O)(=O)c1cccc(Cl)c1C. The summed E-state index contributed by atoms with van der Waals surface area (Å²) in [5.41, 5.74) is 0.460. The molecule has 0 aliphatic rings. The van der Waals surface area contributed by atoms with Crippen LogP contribution in [0.15, 0.2) is 29.3 Å². The Morgan fingerprint density at radius 2 is 2.00 bits per heavy atom. The first-order chi connectivity index (χ1) is 12.1. The predicted octanol–water partition coefficient (Wildman–Crippen LogP) is 2.23. The molecule has 2 aromatic rings. The third kappa shape index (κ3) is 4.95. The van der Waals surface area contributed by atoms with Gasteiger partial charge in [0.25, 0.3) is 10.0 Å². The molecular formula is C15H19ClN3O4S3. The molecule has 0 unspecified atom stereocenters. The second-order valence-electron chi connectivity index (χ2n) is 5.47. The number of nitrogens with zero attached hydrogens (tertiary/aromatic N) is 2.